The SMILES string of the molecule is COc1ccc(C23CCC(OC(=O)c4c(C)cc(C)cc4C)=CC2N(C)CC3)cc1C. The number of carbonyl (C=O) groups excluding carboxylic acids is 1. The number of methoxy groups -OCH3 is 1. The lowest BCUT2D eigenvalue weighted by atomic mass is 9.68. The number of esters is 1. The molecule has 1 saturated heterocycles. The summed E-state index contributed by atoms with van der Waals surface area (Å²) in [6.07, 6.45) is 5.03. The molecule has 1 heterocycles. The summed E-state index contributed by atoms with van der Waals surface area (Å²) in [5.41, 5.74) is 6.36. The molecule has 0 N–H and O–H groups in total. The lowest BCUT2D eigenvalue weighted by Gasteiger charge is -2.40. The van der Waals surface area contributed by atoms with Crippen LogP contribution in [0.15, 0.2) is 42.2 Å². The van der Waals surface area contributed by atoms with Gasteiger partial charge in [-0.2, -0.15) is 0 Å². The first-order chi connectivity index (χ1) is 14.7. The standard InChI is InChI=1S/C27H33NO3/c1-17-13-19(3)25(20(4)14-17)26(29)31-22-9-10-27(11-12-28(5)24(27)16-22)21-7-8-23(30-6)18(2)15-21/h7-8,13-16,24H,9-12H2,1-6H3. The van der Waals surface area contributed by atoms with Gasteiger partial charge in [-0.25, -0.2) is 4.79 Å². The van der Waals surface area contributed by atoms with Gasteiger partial charge in [0.1, 0.15) is 11.5 Å². The Kier molecular flexibility index (Phi) is 5.69. The van der Waals surface area contributed by atoms with Crippen LogP contribution < -0.4 is 4.74 Å². The van der Waals surface area contributed by atoms with Gasteiger partial charge < -0.3 is 9.47 Å². The van der Waals surface area contributed by atoms with Crippen molar-refractivity contribution in [2.45, 2.75) is 58.4 Å². The van der Waals surface area contributed by atoms with Gasteiger partial charge in [0.15, 0.2) is 0 Å². The van der Waals surface area contributed by atoms with Gasteiger partial charge in [0, 0.05) is 17.9 Å². The van der Waals surface area contributed by atoms with E-state index >= 15 is 0 Å². The van der Waals surface area contributed by atoms with Crippen molar-refractivity contribution < 1.29 is 14.3 Å². The molecule has 164 valence electrons. The number of likely N-dealkylation sites (tertiary alicyclic amines) is 1. The smallest absolute Gasteiger partial charge is 0.343 e. The van der Waals surface area contributed by atoms with Gasteiger partial charge in [-0.05, 0) is 88.5 Å². The number of aryl methyl sites for hydroxylation is 4. The predicted octanol–water partition coefficient (Wildman–Crippen LogP) is 5.41. The normalized spacial score (nSPS) is 23.3. The maximum atomic E-state index is 13.0. The highest BCUT2D eigenvalue weighted by Crippen LogP contribution is 2.48. The molecular formula is C27H33NO3. The maximum absolute atomic E-state index is 13.0. The van der Waals surface area contributed by atoms with Crippen molar-refractivity contribution in [1.29, 1.82) is 0 Å². The lowest BCUT2D eigenvalue weighted by Crippen LogP contribution is -2.42. The topological polar surface area (TPSA) is 38.8 Å². The van der Waals surface area contributed by atoms with E-state index in [2.05, 4.69) is 50.1 Å². The Labute approximate surface area is 185 Å². The molecule has 1 fully saturated rings. The number of ether oxygens (including phenoxy) is 2. The zero-order valence-electron chi connectivity index (χ0n) is 19.5. The van der Waals surface area contributed by atoms with E-state index in [1.54, 1.807) is 7.11 Å². The Morgan fingerprint density at radius 2 is 1.74 bits per heavy atom. The highest BCUT2D eigenvalue weighted by atomic mass is 16.5. The minimum absolute atomic E-state index is 0.0530. The molecule has 2 atom stereocenters. The van der Waals surface area contributed by atoms with Crippen LogP contribution in [0.1, 0.15) is 57.4 Å². The number of hydrogen-bond donors (Lipinski definition) is 0. The first-order valence-corrected chi connectivity index (χ1v) is 11.1. The fourth-order valence-electron chi connectivity index (χ4n) is 5.65. The molecule has 2 unspecified atom stereocenters. The number of allylic oxidation sites excluding steroid dienone is 1. The molecule has 2 aliphatic rings. The van der Waals surface area contributed by atoms with Crippen LogP contribution in [0.5, 0.6) is 5.75 Å². The first kappa shape index (κ1) is 21.6. The summed E-state index contributed by atoms with van der Waals surface area (Å²) in [7, 11) is 3.88. The van der Waals surface area contributed by atoms with Crippen molar-refractivity contribution in [2.24, 2.45) is 0 Å². The Morgan fingerprint density at radius 1 is 1.03 bits per heavy atom. The Balaban J connectivity index is 1.63. The summed E-state index contributed by atoms with van der Waals surface area (Å²) in [6, 6.07) is 10.9. The third-order valence-corrected chi connectivity index (χ3v) is 7.19. The first-order valence-electron chi connectivity index (χ1n) is 11.1. The van der Waals surface area contributed by atoms with Crippen LogP contribution in [-0.4, -0.2) is 37.6 Å². The Bertz CT molecular complexity index is 1030. The van der Waals surface area contributed by atoms with Gasteiger partial charge in [0.25, 0.3) is 0 Å². The molecule has 2 aromatic rings. The van der Waals surface area contributed by atoms with Gasteiger partial charge in [-0.15, -0.1) is 0 Å². The van der Waals surface area contributed by atoms with Crippen molar-refractivity contribution in [2.75, 3.05) is 20.7 Å². The number of rotatable bonds is 4. The second-order valence-electron chi connectivity index (χ2n) is 9.31. The molecule has 0 aromatic heterocycles. The summed E-state index contributed by atoms with van der Waals surface area (Å²) in [4.78, 5) is 15.4. The molecule has 1 aliphatic carbocycles. The molecule has 4 nitrogen and oxygen atoms in total. The van der Waals surface area contributed by atoms with Crippen LogP contribution in [0.2, 0.25) is 0 Å². The van der Waals surface area contributed by atoms with Crippen molar-refractivity contribution in [3.63, 3.8) is 0 Å². The second kappa shape index (κ2) is 8.16. The van der Waals surface area contributed by atoms with Crippen LogP contribution in [0.25, 0.3) is 0 Å². The van der Waals surface area contributed by atoms with Gasteiger partial charge in [-0.3, -0.25) is 4.90 Å². The molecular weight excluding hydrogens is 386 g/mol. The third-order valence-electron chi connectivity index (χ3n) is 7.19. The quantitative estimate of drug-likeness (QED) is 0.622. The molecule has 2 aromatic carbocycles. The zero-order valence-corrected chi connectivity index (χ0v) is 19.5. The number of likely N-dealkylation sites (N-methyl/N-ethyl adjacent to an activating group) is 1. The Morgan fingerprint density at radius 3 is 2.39 bits per heavy atom. The fraction of sp³-hybridized carbons (Fsp3) is 0.444. The van der Waals surface area contributed by atoms with Crippen molar-refractivity contribution in [1.82, 2.24) is 4.90 Å². The highest BCUT2D eigenvalue weighted by Gasteiger charge is 2.48. The van der Waals surface area contributed by atoms with Crippen LogP contribution in [0.3, 0.4) is 0 Å². The summed E-state index contributed by atoms with van der Waals surface area (Å²) in [5.74, 6) is 1.48. The molecule has 4 rings (SSSR count). The number of carbonyl (C=O) groups is 1. The van der Waals surface area contributed by atoms with E-state index in [0.717, 1.165) is 59.6 Å². The highest BCUT2D eigenvalue weighted by molar-refractivity contribution is 5.93. The summed E-state index contributed by atoms with van der Waals surface area (Å²) < 4.78 is 11.4. The average Bonchev–Trinajstić information content (AvgIpc) is 3.04. The number of hydrogen-bond acceptors (Lipinski definition) is 4. The zero-order chi connectivity index (χ0) is 22.3. The van der Waals surface area contributed by atoms with Crippen LogP contribution in [0.4, 0.5) is 0 Å². The monoisotopic (exact) mass is 419 g/mol. The summed E-state index contributed by atoms with van der Waals surface area (Å²) in [5, 5.41) is 0. The van der Waals surface area contributed by atoms with Crippen molar-refractivity contribution in [3.05, 3.63) is 75.5 Å². The molecule has 31 heavy (non-hydrogen) atoms. The molecule has 4 heteroatoms. The van der Waals surface area contributed by atoms with Crippen molar-refractivity contribution in [3.8, 4) is 5.75 Å². The predicted molar refractivity (Wildman–Crippen MR) is 124 cm³/mol. The second-order valence-corrected chi connectivity index (χ2v) is 9.31. The van der Waals surface area contributed by atoms with E-state index in [9.17, 15) is 4.79 Å². The van der Waals surface area contributed by atoms with Gasteiger partial charge >= 0.3 is 5.97 Å². The van der Waals surface area contributed by atoms with Gasteiger partial charge in [-0.1, -0.05) is 29.8 Å². The minimum Gasteiger partial charge on any atom is -0.496 e. The van der Waals surface area contributed by atoms with Crippen LogP contribution in [-0.2, 0) is 10.2 Å². The molecule has 0 spiro atoms. The number of fused-ring (bicyclic) bond motifs is 1. The third kappa shape index (κ3) is 3.78. The van der Waals surface area contributed by atoms with E-state index in [4.69, 9.17) is 9.47 Å². The van der Waals surface area contributed by atoms with E-state index in [1.165, 1.54) is 5.56 Å². The van der Waals surface area contributed by atoms with E-state index in [-0.39, 0.29) is 17.4 Å². The van der Waals surface area contributed by atoms with E-state index in [1.807, 2.05) is 26.0 Å². The summed E-state index contributed by atoms with van der Waals surface area (Å²) >= 11 is 0. The van der Waals surface area contributed by atoms with Gasteiger partial charge in [0.2, 0.25) is 0 Å². The fourth-order valence-corrected chi connectivity index (χ4v) is 5.65. The molecule has 0 radical (unpaired) electrons. The number of benzene rings is 2. The van der Waals surface area contributed by atoms with Gasteiger partial charge in [0.05, 0.1) is 12.7 Å². The van der Waals surface area contributed by atoms with Crippen LogP contribution in [0, 0.1) is 27.7 Å². The maximum Gasteiger partial charge on any atom is 0.343 e. The molecule has 0 saturated carbocycles. The van der Waals surface area contributed by atoms with Crippen LogP contribution >= 0.6 is 0 Å². The van der Waals surface area contributed by atoms with E-state index in [0.29, 0.717) is 5.56 Å². The largest absolute Gasteiger partial charge is 0.496 e. The minimum atomic E-state index is -0.241. The van der Waals surface area contributed by atoms with E-state index < -0.39 is 0 Å². The Hall–Kier alpha value is -2.59. The molecule has 0 amide bonds. The summed E-state index contributed by atoms with van der Waals surface area (Å²) in [6.45, 7) is 9.14. The molecule has 1 aliphatic heterocycles. The molecule has 0 bridgehead atoms. The number of nitrogens with zero attached hydrogens (tertiary/aromatic N) is 1. The average molecular weight is 420 g/mol. The lowest BCUT2D eigenvalue weighted by molar-refractivity contribution is 0.0591. The van der Waals surface area contributed by atoms with Crippen molar-refractivity contribution >= 4 is 5.97 Å².